The van der Waals surface area contributed by atoms with Gasteiger partial charge in [-0.15, -0.1) is 0 Å². The lowest BCUT2D eigenvalue weighted by atomic mass is 10.2. The first-order valence-corrected chi connectivity index (χ1v) is 3.83. The molecule has 0 spiro atoms. The van der Waals surface area contributed by atoms with Gasteiger partial charge in [0.15, 0.2) is 5.69 Å². The first kappa shape index (κ1) is 8.77. The van der Waals surface area contributed by atoms with Gasteiger partial charge in [-0.2, -0.15) is 5.10 Å². The summed E-state index contributed by atoms with van der Waals surface area (Å²) in [4.78, 5) is 10.6. The number of carboxylic acids is 1. The van der Waals surface area contributed by atoms with Gasteiger partial charge in [-0.25, -0.2) is 4.79 Å². The van der Waals surface area contributed by atoms with Crippen LogP contribution in [0.25, 0.3) is 0 Å². The van der Waals surface area contributed by atoms with Gasteiger partial charge < -0.3 is 5.11 Å². The normalized spacial score (nSPS) is 10.2. The van der Waals surface area contributed by atoms with E-state index in [4.69, 9.17) is 5.11 Å². The summed E-state index contributed by atoms with van der Waals surface area (Å²) in [6.07, 6.45) is 0.808. The van der Waals surface area contributed by atoms with Crippen LogP contribution in [0.3, 0.4) is 0 Å². The molecule has 0 aliphatic heterocycles. The van der Waals surface area contributed by atoms with Gasteiger partial charge in [0.1, 0.15) is 0 Å². The molecule has 1 rings (SSSR count). The van der Waals surface area contributed by atoms with E-state index in [0.29, 0.717) is 0 Å². The number of carbonyl (C=O) groups is 1. The van der Waals surface area contributed by atoms with E-state index in [1.807, 2.05) is 6.92 Å². The molecule has 0 fully saturated rings. The largest absolute Gasteiger partial charge is 0.476 e. The van der Waals surface area contributed by atoms with E-state index in [-0.39, 0.29) is 5.69 Å². The molecule has 1 aromatic heterocycles. The van der Waals surface area contributed by atoms with E-state index in [1.54, 1.807) is 18.7 Å². The van der Waals surface area contributed by atoms with Crippen LogP contribution >= 0.6 is 0 Å². The lowest BCUT2D eigenvalue weighted by molar-refractivity contribution is 0.0689. The second-order valence-corrected chi connectivity index (χ2v) is 2.70. The van der Waals surface area contributed by atoms with Crippen LogP contribution in [0.4, 0.5) is 0 Å². The molecule has 0 atom stereocenters. The number of hydrogen-bond donors (Lipinski definition) is 1. The Morgan fingerprint density at radius 2 is 2.25 bits per heavy atom. The second-order valence-electron chi connectivity index (χ2n) is 2.70. The van der Waals surface area contributed by atoms with Gasteiger partial charge in [-0.3, -0.25) is 4.68 Å². The maximum absolute atomic E-state index is 10.6. The molecular weight excluding hydrogens is 156 g/mol. The Labute approximate surface area is 70.8 Å². The van der Waals surface area contributed by atoms with Crippen LogP contribution in [0.2, 0.25) is 0 Å². The molecule has 0 unspecified atom stereocenters. The van der Waals surface area contributed by atoms with Crippen molar-refractivity contribution >= 4 is 5.97 Å². The van der Waals surface area contributed by atoms with Crippen molar-refractivity contribution in [2.24, 2.45) is 7.05 Å². The topological polar surface area (TPSA) is 55.1 Å². The summed E-state index contributed by atoms with van der Waals surface area (Å²) in [5.74, 6) is -0.956. The van der Waals surface area contributed by atoms with Gasteiger partial charge in [0.25, 0.3) is 0 Å². The Hall–Kier alpha value is -1.32. The molecular formula is C8H12N2O2. The SMILES string of the molecule is CCc1c(C)c(C(=O)O)nn1C. The summed E-state index contributed by atoms with van der Waals surface area (Å²) in [6, 6.07) is 0. The Morgan fingerprint density at radius 3 is 2.50 bits per heavy atom. The molecule has 0 aliphatic carbocycles. The highest BCUT2D eigenvalue weighted by molar-refractivity contribution is 5.87. The summed E-state index contributed by atoms with van der Waals surface area (Å²) in [7, 11) is 1.76. The second kappa shape index (κ2) is 2.97. The number of aromatic nitrogens is 2. The van der Waals surface area contributed by atoms with Crippen molar-refractivity contribution in [3.8, 4) is 0 Å². The quantitative estimate of drug-likeness (QED) is 0.716. The fraction of sp³-hybridized carbons (Fsp3) is 0.500. The van der Waals surface area contributed by atoms with Crippen molar-refractivity contribution in [1.82, 2.24) is 9.78 Å². The van der Waals surface area contributed by atoms with E-state index in [9.17, 15) is 4.79 Å². The van der Waals surface area contributed by atoms with Gasteiger partial charge in [-0.05, 0) is 13.3 Å². The highest BCUT2D eigenvalue weighted by Gasteiger charge is 2.15. The molecule has 66 valence electrons. The minimum atomic E-state index is -0.956. The standard InChI is InChI=1S/C8H12N2O2/c1-4-6-5(2)7(8(11)12)9-10(6)3/h4H2,1-3H3,(H,11,12). The van der Waals surface area contributed by atoms with E-state index in [1.165, 1.54) is 0 Å². The number of aryl methyl sites for hydroxylation is 1. The van der Waals surface area contributed by atoms with Crippen molar-refractivity contribution in [3.63, 3.8) is 0 Å². The van der Waals surface area contributed by atoms with Crippen LogP contribution in [-0.4, -0.2) is 20.9 Å². The molecule has 1 aromatic rings. The van der Waals surface area contributed by atoms with Crippen LogP contribution in [-0.2, 0) is 13.5 Å². The Bertz CT molecular complexity index is 315. The Kier molecular flexibility index (Phi) is 2.17. The number of nitrogens with zero attached hydrogens (tertiary/aromatic N) is 2. The van der Waals surface area contributed by atoms with Crippen molar-refractivity contribution in [2.45, 2.75) is 20.3 Å². The van der Waals surface area contributed by atoms with Gasteiger partial charge in [-0.1, -0.05) is 6.92 Å². The Balaban J connectivity index is 3.26. The molecule has 0 amide bonds. The van der Waals surface area contributed by atoms with Gasteiger partial charge >= 0.3 is 5.97 Å². The average molecular weight is 168 g/mol. The first-order chi connectivity index (χ1) is 5.57. The fourth-order valence-electron chi connectivity index (χ4n) is 1.36. The minimum absolute atomic E-state index is 0.161. The zero-order chi connectivity index (χ0) is 9.30. The summed E-state index contributed by atoms with van der Waals surface area (Å²) in [5, 5.41) is 12.6. The molecule has 0 radical (unpaired) electrons. The third-order valence-corrected chi connectivity index (χ3v) is 1.97. The van der Waals surface area contributed by atoms with Crippen molar-refractivity contribution in [3.05, 3.63) is 17.0 Å². The number of hydrogen-bond acceptors (Lipinski definition) is 2. The minimum Gasteiger partial charge on any atom is -0.476 e. The summed E-state index contributed by atoms with van der Waals surface area (Å²) < 4.78 is 1.62. The number of carboxylic acid groups (broad SMARTS) is 1. The molecule has 0 saturated carbocycles. The lowest BCUT2D eigenvalue weighted by Crippen LogP contribution is -2.00. The van der Waals surface area contributed by atoms with E-state index in [0.717, 1.165) is 17.7 Å². The predicted octanol–water partition coefficient (Wildman–Crippen LogP) is 0.989. The van der Waals surface area contributed by atoms with Gasteiger partial charge in [0.05, 0.1) is 0 Å². The van der Waals surface area contributed by atoms with Crippen LogP contribution in [0.15, 0.2) is 0 Å². The summed E-state index contributed by atoms with van der Waals surface area (Å²) in [5.41, 5.74) is 1.91. The van der Waals surface area contributed by atoms with Gasteiger partial charge in [0, 0.05) is 18.3 Å². The maximum Gasteiger partial charge on any atom is 0.356 e. The molecule has 12 heavy (non-hydrogen) atoms. The molecule has 1 N–H and O–H groups in total. The van der Waals surface area contributed by atoms with Crippen LogP contribution in [0, 0.1) is 6.92 Å². The molecule has 0 bridgehead atoms. The molecule has 0 saturated heterocycles. The zero-order valence-electron chi connectivity index (χ0n) is 7.46. The molecule has 0 aliphatic rings. The molecule has 0 aromatic carbocycles. The fourth-order valence-corrected chi connectivity index (χ4v) is 1.36. The lowest BCUT2D eigenvalue weighted by Gasteiger charge is -1.96. The smallest absolute Gasteiger partial charge is 0.356 e. The van der Waals surface area contributed by atoms with Gasteiger partial charge in [0.2, 0.25) is 0 Å². The molecule has 4 heteroatoms. The molecule has 4 nitrogen and oxygen atoms in total. The number of aromatic carboxylic acids is 1. The Morgan fingerprint density at radius 1 is 1.67 bits per heavy atom. The van der Waals surface area contributed by atoms with E-state index >= 15 is 0 Å². The first-order valence-electron chi connectivity index (χ1n) is 3.83. The third kappa shape index (κ3) is 1.20. The molecule has 1 heterocycles. The van der Waals surface area contributed by atoms with E-state index in [2.05, 4.69) is 5.10 Å². The van der Waals surface area contributed by atoms with Crippen LogP contribution in [0.5, 0.6) is 0 Å². The zero-order valence-corrected chi connectivity index (χ0v) is 7.46. The average Bonchev–Trinajstić information content (AvgIpc) is 2.27. The van der Waals surface area contributed by atoms with Crippen LogP contribution < -0.4 is 0 Å². The van der Waals surface area contributed by atoms with Crippen LogP contribution in [0.1, 0.15) is 28.7 Å². The third-order valence-electron chi connectivity index (χ3n) is 1.97. The highest BCUT2D eigenvalue weighted by Crippen LogP contribution is 2.12. The predicted molar refractivity (Wildman–Crippen MR) is 44.3 cm³/mol. The summed E-state index contributed by atoms with van der Waals surface area (Å²) in [6.45, 7) is 3.77. The maximum atomic E-state index is 10.6. The number of rotatable bonds is 2. The monoisotopic (exact) mass is 168 g/mol. The highest BCUT2D eigenvalue weighted by atomic mass is 16.4. The summed E-state index contributed by atoms with van der Waals surface area (Å²) >= 11 is 0. The van der Waals surface area contributed by atoms with Crippen molar-refractivity contribution < 1.29 is 9.90 Å². The van der Waals surface area contributed by atoms with Crippen molar-refractivity contribution in [2.75, 3.05) is 0 Å². The van der Waals surface area contributed by atoms with E-state index < -0.39 is 5.97 Å². The van der Waals surface area contributed by atoms with Crippen molar-refractivity contribution in [1.29, 1.82) is 0 Å².